The summed E-state index contributed by atoms with van der Waals surface area (Å²) >= 11 is 0. The molecule has 2 saturated carbocycles. The third-order valence-electron chi connectivity index (χ3n) is 6.00. The van der Waals surface area contributed by atoms with Crippen LogP contribution in [0, 0.1) is 29.1 Å². The fraction of sp³-hybridized carbons (Fsp3) is 0.870. The zero-order valence-corrected chi connectivity index (χ0v) is 19.5. The predicted octanol–water partition coefficient (Wildman–Crippen LogP) is 4.29. The largest absolute Gasteiger partial charge is 0.462 e. The molecule has 0 amide bonds. The lowest BCUT2D eigenvalue weighted by atomic mass is 9.77. The summed E-state index contributed by atoms with van der Waals surface area (Å²) in [6.07, 6.45) is 1.55. The van der Waals surface area contributed by atoms with Crippen LogP contribution in [0.5, 0.6) is 0 Å². The molecule has 166 valence electrons. The van der Waals surface area contributed by atoms with Gasteiger partial charge in [0.15, 0.2) is 0 Å². The standard InChI is InChI=1S/C23H38O6/c1-10-23(8,9)20(26)27-15-12-13-11-14(15)17(19(25)29-22(5,6)7)16(13)18(24)28-21(2,3)4/h13-17H,10-12H2,1-9H3. The number of hydrogen-bond acceptors (Lipinski definition) is 6. The van der Waals surface area contributed by atoms with Gasteiger partial charge in [-0.25, -0.2) is 0 Å². The molecule has 2 rings (SSSR count). The summed E-state index contributed by atoms with van der Waals surface area (Å²) < 4.78 is 17.1. The van der Waals surface area contributed by atoms with E-state index in [1.165, 1.54) is 0 Å². The van der Waals surface area contributed by atoms with E-state index >= 15 is 0 Å². The van der Waals surface area contributed by atoms with Gasteiger partial charge in [-0.1, -0.05) is 6.92 Å². The van der Waals surface area contributed by atoms with Crippen LogP contribution in [0.2, 0.25) is 0 Å². The molecule has 29 heavy (non-hydrogen) atoms. The number of hydrogen-bond donors (Lipinski definition) is 0. The third-order valence-corrected chi connectivity index (χ3v) is 6.00. The first-order valence-corrected chi connectivity index (χ1v) is 10.7. The Morgan fingerprint density at radius 1 is 0.793 bits per heavy atom. The molecule has 0 aromatic rings. The van der Waals surface area contributed by atoms with Crippen molar-refractivity contribution in [2.45, 2.75) is 98.9 Å². The van der Waals surface area contributed by atoms with E-state index in [2.05, 4.69) is 0 Å². The smallest absolute Gasteiger partial charge is 0.311 e. The molecule has 0 spiro atoms. The van der Waals surface area contributed by atoms with Crippen molar-refractivity contribution in [1.29, 1.82) is 0 Å². The van der Waals surface area contributed by atoms with Gasteiger partial charge in [0.25, 0.3) is 0 Å². The van der Waals surface area contributed by atoms with Gasteiger partial charge in [-0.15, -0.1) is 0 Å². The first-order valence-electron chi connectivity index (χ1n) is 10.7. The summed E-state index contributed by atoms with van der Waals surface area (Å²) in [6, 6.07) is 0. The van der Waals surface area contributed by atoms with Gasteiger partial charge in [0.05, 0.1) is 17.3 Å². The Balaban J connectivity index is 2.25. The molecule has 0 saturated heterocycles. The molecule has 2 aliphatic rings. The van der Waals surface area contributed by atoms with Crippen molar-refractivity contribution in [3.63, 3.8) is 0 Å². The summed E-state index contributed by atoms with van der Waals surface area (Å²) in [6.45, 7) is 16.5. The van der Waals surface area contributed by atoms with Crippen LogP contribution in [0.1, 0.15) is 81.6 Å². The number of carbonyl (C=O) groups excluding carboxylic acids is 3. The van der Waals surface area contributed by atoms with Gasteiger partial charge in [-0.3, -0.25) is 14.4 Å². The number of rotatable bonds is 5. The first kappa shape index (κ1) is 23.7. The molecule has 2 bridgehead atoms. The van der Waals surface area contributed by atoms with Gasteiger partial charge in [0.1, 0.15) is 17.3 Å². The second-order valence-corrected chi connectivity index (χ2v) is 11.2. The molecule has 6 heteroatoms. The zero-order valence-electron chi connectivity index (χ0n) is 19.5. The van der Waals surface area contributed by atoms with Crippen molar-refractivity contribution >= 4 is 17.9 Å². The zero-order chi connectivity index (χ0) is 22.4. The van der Waals surface area contributed by atoms with Crippen molar-refractivity contribution in [2.24, 2.45) is 29.1 Å². The molecule has 0 radical (unpaired) electrons. The van der Waals surface area contributed by atoms with E-state index in [-0.39, 0.29) is 29.9 Å². The fourth-order valence-electron chi connectivity index (χ4n) is 4.28. The average Bonchev–Trinajstić information content (AvgIpc) is 3.09. The Labute approximate surface area is 175 Å². The quantitative estimate of drug-likeness (QED) is 0.497. The molecule has 2 fully saturated rings. The molecule has 6 nitrogen and oxygen atoms in total. The minimum Gasteiger partial charge on any atom is -0.462 e. The molecule has 5 unspecified atom stereocenters. The predicted molar refractivity (Wildman–Crippen MR) is 109 cm³/mol. The summed E-state index contributed by atoms with van der Waals surface area (Å²) in [4.78, 5) is 38.6. The van der Waals surface area contributed by atoms with Crippen LogP contribution >= 0.6 is 0 Å². The Kier molecular flexibility index (Phi) is 6.47. The Morgan fingerprint density at radius 2 is 1.28 bits per heavy atom. The van der Waals surface area contributed by atoms with E-state index < -0.39 is 34.4 Å². The number of fused-ring (bicyclic) bond motifs is 2. The minimum atomic E-state index is -0.659. The second kappa shape index (κ2) is 7.92. The number of carbonyl (C=O) groups is 3. The van der Waals surface area contributed by atoms with Crippen molar-refractivity contribution in [2.75, 3.05) is 0 Å². The maximum Gasteiger partial charge on any atom is 0.311 e. The van der Waals surface area contributed by atoms with E-state index in [4.69, 9.17) is 14.2 Å². The first-order chi connectivity index (χ1) is 13.1. The molecule has 0 aliphatic heterocycles. The maximum atomic E-state index is 13.0. The highest BCUT2D eigenvalue weighted by Crippen LogP contribution is 2.55. The van der Waals surface area contributed by atoms with E-state index in [1.54, 1.807) is 0 Å². The van der Waals surface area contributed by atoms with Crippen LogP contribution in [0.3, 0.4) is 0 Å². The van der Waals surface area contributed by atoms with Crippen LogP contribution in [-0.2, 0) is 28.6 Å². The summed E-state index contributed by atoms with van der Waals surface area (Å²) in [5.74, 6) is -2.49. The highest BCUT2D eigenvalue weighted by molar-refractivity contribution is 5.84. The van der Waals surface area contributed by atoms with Crippen LogP contribution in [0.25, 0.3) is 0 Å². The molecule has 5 atom stereocenters. The summed E-state index contributed by atoms with van der Waals surface area (Å²) in [5, 5.41) is 0. The van der Waals surface area contributed by atoms with Crippen molar-refractivity contribution in [3.05, 3.63) is 0 Å². The Bertz CT molecular complexity index is 651. The van der Waals surface area contributed by atoms with Gasteiger partial charge in [0, 0.05) is 5.92 Å². The number of esters is 3. The molecule has 2 aliphatic carbocycles. The molecule has 0 N–H and O–H groups in total. The van der Waals surface area contributed by atoms with Crippen LogP contribution < -0.4 is 0 Å². The summed E-state index contributed by atoms with van der Waals surface area (Å²) in [5.41, 5.74) is -1.87. The highest BCUT2D eigenvalue weighted by atomic mass is 16.6. The lowest BCUT2D eigenvalue weighted by Crippen LogP contribution is -2.46. The van der Waals surface area contributed by atoms with Gasteiger partial charge >= 0.3 is 17.9 Å². The SMILES string of the molecule is CCC(C)(C)C(=O)OC1CC2CC1C(C(=O)OC(C)(C)C)C2C(=O)OC(C)(C)C. The lowest BCUT2D eigenvalue weighted by Gasteiger charge is -2.36. The van der Waals surface area contributed by atoms with Crippen molar-refractivity contribution in [3.8, 4) is 0 Å². The van der Waals surface area contributed by atoms with Crippen LogP contribution in [0.15, 0.2) is 0 Å². The van der Waals surface area contributed by atoms with E-state index in [9.17, 15) is 14.4 Å². The van der Waals surface area contributed by atoms with E-state index in [0.717, 1.165) is 0 Å². The molecule has 0 heterocycles. The normalized spacial score (nSPS) is 29.5. The highest BCUT2D eigenvalue weighted by Gasteiger charge is 2.61. The number of ether oxygens (including phenoxy) is 3. The Hall–Kier alpha value is -1.59. The molecular formula is C23H38O6. The molecular weight excluding hydrogens is 372 g/mol. The third kappa shape index (κ3) is 5.52. The van der Waals surface area contributed by atoms with Gasteiger partial charge < -0.3 is 14.2 Å². The average molecular weight is 411 g/mol. The lowest BCUT2D eigenvalue weighted by molar-refractivity contribution is -0.182. The molecule has 0 aromatic heterocycles. The van der Waals surface area contributed by atoms with Crippen LogP contribution in [0.4, 0.5) is 0 Å². The van der Waals surface area contributed by atoms with Crippen LogP contribution in [-0.4, -0.2) is 35.2 Å². The van der Waals surface area contributed by atoms with Gasteiger partial charge in [-0.2, -0.15) is 0 Å². The van der Waals surface area contributed by atoms with E-state index in [1.807, 2.05) is 62.3 Å². The van der Waals surface area contributed by atoms with Crippen molar-refractivity contribution in [1.82, 2.24) is 0 Å². The topological polar surface area (TPSA) is 78.9 Å². The molecule has 0 aromatic carbocycles. The summed E-state index contributed by atoms with van der Waals surface area (Å²) in [7, 11) is 0. The monoisotopic (exact) mass is 410 g/mol. The van der Waals surface area contributed by atoms with Gasteiger partial charge in [0.2, 0.25) is 0 Å². The maximum absolute atomic E-state index is 13.0. The Morgan fingerprint density at radius 3 is 1.72 bits per heavy atom. The van der Waals surface area contributed by atoms with Gasteiger partial charge in [-0.05, 0) is 80.6 Å². The van der Waals surface area contributed by atoms with E-state index in [0.29, 0.717) is 19.3 Å². The minimum absolute atomic E-state index is 0.0464. The fourth-order valence-corrected chi connectivity index (χ4v) is 4.28. The van der Waals surface area contributed by atoms with Crippen molar-refractivity contribution < 1.29 is 28.6 Å². The second-order valence-electron chi connectivity index (χ2n) is 11.2.